The summed E-state index contributed by atoms with van der Waals surface area (Å²) < 4.78 is 106. The quantitative estimate of drug-likeness (QED) is 0.556. The fourth-order valence-corrected chi connectivity index (χ4v) is 3.12. The summed E-state index contributed by atoms with van der Waals surface area (Å²) in [6, 6.07) is 4.99. The van der Waals surface area contributed by atoms with Crippen molar-refractivity contribution < 1.29 is 44.0 Å². The summed E-state index contributed by atoms with van der Waals surface area (Å²) in [5, 5.41) is 8.99. The Labute approximate surface area is 176 Å². The van der Waals surface area contributed by atoms with Crippen LogP contribution in [-0.4, -0.2) is 30.8 Å². The number of amides is 1. The molecule has 3 rings (SSSR count). The molecule has 1 heterocycles. The Hall–Kier alpha value is -3.42. The molecule has 170 valence electrons. The Morgan fingerprint density at radius 2 is 1.44 bits per heavy atom. The van der Waals surface area contributed by atoms with Crippen LogP contribution < -0.4 is 5.32 Å². The van der Waals surface area contributed by atoms with Crippen LogP contribution in [0, 0.1) is 0 Å². The van der Waals surface area contributed by atoms with Gasteiger partial charge in [0.1, 0.15) is 0 Å². The molecular weight excluding hydrogens is 468 g/mol. The third-order valence-electron chi connectivity index (χ3n) is 4.02. The van der Waals surface area contributed by atoms with Crippen LogP contribution in [0.1, 0.15) is 21.5 Å². The number of nitrogens with one attached hydrogen (secondary N) is 1. The van der Waals surface area contributed by atoms with Crippen molar-refractivity contribution in [3.63, 3.8) is 0 Å². The zero-order valence-electron chi connectivity index (χ0n) is 15.7. The second-order valence-corrected chi connectivity index (χ2v) is 8.47. The molecule has 0 bridgehead atoms. The van der Waals surface area contributed by atoms with Crippen molar-refractivity contribution >= 4 is 21.8 Å². The first-order chi connectivity index (χ1) is 14.6. The first-order valence-electron chi connectivity index (χ1n) is 8.39. The fourth-order valence-electron chi connectivity index (χ4n) is 2.49. The van der Waals surface area contributed by atoms with Crippen LogP contribution in [0.25, 0.3) is 11.5 Å². The maximum Gasteiger partial charge on any atom is 0.416 e. The Morgan fingerprint density at radius 1 is 0.906 bits per heavy atom. The third kappa shape index (κ3) is 5.25. The largest absolute Gasteiger partial charge is 0.416 e. The summed E-state index contributed by atoms with van der Waals surface area (Å²) >= 11 is 0. The average molecular weight is 479 g/mol. The van der Waals surface area contributed by atoms with Gasteiger partial charge >= 0.3 is 18.4 Å². The second-order valence-electron chi connectivity index (χ2n) is 6.46. The molecule has 0 aliphatic carbocycles. The Morgan fingerprint density at radius 3 is 1.91 bits per heavy atom. The fraction of sp³-hybridized carbons (Fsp3) is 0.167. The van der Waals surface area contributed by atoms with Gasteiger partial charge in [-0.25, -0.2) is 8.42 Å². The number of carbonyl (C=O) groups excluding carboxylic acids is 1. The van der Waals surface area contributed by atoms with Crippen LogP contribution in [0.3, 0.4) is 0 Å². The van der Waals surface area contributed by atoms with Crippen LogP contribution in [0.4, 0.5) is 32.4 Å². The van der Waals surface area contributed by atoms with Crippen LogP contribution in [-0.2, 0) is 22.2 Å². The predicted molar refractivity (Wildman–Crippen MR) is 97.2 cm³/mol. The van der Waals surface area contributed by atoms with Gasteiger partial charge in [0.25, 0.3) is 5.91 Å². The standard InChI is InChI=1S/C18H11F6N3O4S/c1-32(29,30)13-4-2-9(3-5-13)15-26-27-16(31-15)25-14(28)10-6-11(17(19,20)21)8-12(7-10)18(22,23)24/h2-8H,1H3,(H,25,27,28). The van der Waals surface area contributed by atoms with Crippen molar-refractivity contribution in [3.8, 4) is 11.5 Å². The number of benzene rings is 2. The molecule has 0 atom stereocenters. The zero-order chi connectivity index (χ0) is 23.9. The van der Waals surface area contributed by atoms with E-state index in [4.69, 9.17) is 4.42 Å². The van der Waals surface area contributed by atoms with Crippen molar-refractivity contribution in [2.75, 3.05) is 11.6 Å². The van der Waals surface area contributed by atoms with Gasteiger partial charge in [0, 0.05) is 17.4 Å². The summed E-state index contributed by atoms with van der Waals surface area (Å²) in [5.41, 5.74) is -3.99. The van der Waals surface area contributed by atoms with Crippen LogP contribution >= 0.6 is 0 Å². The molecule has 32 heavy (non-hydrogen) atoms. The average Bonchev–Trinajstić information content (AvgIpc) is 3.14. The molecule has 3 aromatic rings. The highest BCUT2D eigenvalue weighted by Gasteiger charge is 2.37. The van der Waals surface area contributed by atoms with Gasteiger partial charge in [0.15, 0.2) is 9.84 Å². The van der Waals surface area contributed by atoms with E-state index in [1.165, 1.54) is 24.3 Å². The summed E-state index contributed by atoms with van der Waals surface area (Å²) in [5.74, 6) is -1.52. The number of carbonyl (C=O) groups is 1. The highest BCUT2D eigenvalue weighted by molar-refractivity contribution is 7.90. The lowest BCUT2D eigenvalue weighted by Crippen LogP contribution is -2.17. The van der Waals surface area contributed by atoms with Crippen LogP contribution in [0.2, 0.25) is 0 Å². The van der Waals surface area contributed by atoms with Gasteiger partial charge in [0.2, 0.25) is 5.89 Å². The normalized spacial score (nSPS) is 12.6. The molecule has 0 fully saturated rings. The number of nitrogens with zero attached hydrogens (tertiary/aromatic N) is 2. The van der Waals surface area contributed by atoms with Crippen molar-refractivity contribution in [3.05, 3.63) is 59.2 Å². The molecule has 0 saturated carbocycles. The summed E-state index contributed by atoms with van der Waals surface area (Å²) in [4.78, 5) is 12.2. The SMILES string of the molecule is CS(=O)(=O)c1ccc(-c2nnc(NC(=O)c3cc(C(F)(F)F)cc(C(F)(F)F)c3)o2)cc1. The van der Waals surface area contributed by atoms with Crippen molar-refractivity contribution in [2.45, 2.75) is 17.2 Å². The minimum atomic E-state index is -5.12. The van der Waals surface area contributed by atoms with E-state index in [1.54, 1.807) is 0 Å². The van der Waals surface area contributed by atoms with Gasteiger partial charge in [-0.1, -0.05) is 5.10 Å². The lowest BCUT2D eigenvalue weighted by atomic mass is 10.0. The first-order valence-corrected chi connectivity index (χ1v) is 10.3. The van der Waals surface area contributed by atoms with Crippen LogP contribution in [0.15, 0.2) is 51.8 Å². The van der Waals surface area contributed by atoms with Gasteiger partial charge < -0.3 is 4.42 Å². The zero-order valence-corrected chi connectivity index (χ0v) is 16.6. The van der Waals surface area contributed by atoms with Crippen LogP contribution in [0.5, 0.6) is 0 Å². The number of alkyl halides is 6. The van der Waals surface area contributed by atoms with E-state index in [2.05, 4.69) is 10.2 Å². The van der Waals surface area contributed by atoms with Crippen molar-refractivity contribution in [1.29, 1.82) is 0 Å². The minimum absolute atomic E-state index is 0.0132. The molecule has 1 N–H and O–H groups in total. The topological polar surface area (TPSA) is 102 Å². The molecule has 0 aliphatic rings. The van der Waals surface area contributed by atoms with E-state index in [0.29, 0.717) is 0 Å². The number of sulfone groups is 1. The molecule has 0 unspecified atom stereocenters. The molecule has 7 nitrogen and oxygen atoms in total. The molecule has 2 aromatic carbocycles. The van der Waals surface area contributed by atoms with Gasteiger partial charge in [-0.3, -0.25) is 10.1 Å². The van der Waals surface area contributed by atoms with E-state index in [9.17, 15) is 39.6 Å². The maximum absolute atomic E-state index is 12.9. The highest BCUT2D eigenvalue weighted by atomic mass is 32.2. The van der Waals surface area contributed by atoms with E-state index in [1.807, 2.05) is 5.32 Å². The number of anilines is 1. The van der Waals surface area contributed by atoms with E-state index >= 15 is 0 Å². The Balaban J connectivity index is 1.86. The number of hydrogen-bond donors (Lipinski definition) is 1. The van der Waals surface area contributed by atoms with Gasteiger partial charge in [-0.05, 0) is 42.5 Å². The smallest absolute Gasteiger partial charge is 0.403 e. The summed E-state index contributed by atoms with van der Waals surface area (Å²) in [6.07, 6.45) is -9.24. The lowest BCUT2D eigenvalue weighted by Gasteiger charge is -2.13. The highest BCUT2D eigenvalue weighted by Crippen LogP contribution is 2.36. The van der Waals surface area contributed by atoms with E-state index < -0.39 is 50.8 Å². The monoisotopic (exact) mass is 479 g/mol. The molecule has 14 heteroatoms. The van der Waals surface area contributed by atoms with E-state index in [0.717, 1.165) is 6.26 Å². The van der Waals surface area contributed by atoms with Gasteiger partial charge in [0.05, 0.1) is 16.0 Å². The summed E-state index contributed by atoms with van der Waals surface area (Å²) in [6.45, 7) is 0. The number of aromatic nitrogens is 2. The number of halogens is 6. The lowest BCUT2D eigenvalue weighted by molar-refractivity contribution is -0.143. The van der Waals surface area contributed by atoms with E-state index in [-0.39, 0.29) is 34.5 Å². The number of hydrogen-bond acceptors (Lipinski definition) is 6. The molecule has 0 radical (unpaired) electrons. The first kappa shape index (κ1) is 23.2. The number of rotatable bonds is 4. The minimum Gasteiger partial charge on any atom is -0.403 e. The van der Waals surface area contributed by atoms with Gasteiger partial charge in [-0.15, -0.1) is 5.10 Å². The molecule has 1 aromatic heterocycles. The predicted octanol–water partition coefficient (Wildman–Crippen LogP) is 4.43. The molecular formula is C18H11F6N3O4S. The molecule has 1 amide bonds. The van der Waals surface area contributed by atoms with Crippen molar-refractivity contribution in [1.82, 2.24) is 10.2 Å². The Kier molecular flexibility index (Phi) is 5.76. The molecule has 0 aliphatic heterocycles. The summed E-state index contributed by atoms with van der Waals surface area (Å²) in [7, 11) is -3.46. The maximum atomic E-state index is 12.9. The molecule has 0 spiro atoms. The Bertz CT molecular complexity index is 1230. The molecule has 0 saturated heterocycles. The van der Waals surface area contributed by atoms with Crippen molar-refractivity contribution in [2.24, 2.45) is 0 Å². The third-order valence-corrected chi connectivity index (χ3v) is 5.15. The second kappa shape index (κ2) is 7.93. The van der Waals surface area contributed by atoms with Gasteiger partial charge in [-0.2, -0.15) is 26.3 Å².